The van der Waals surface area contributed by atoms with Crippen molar-refractivity contribution in [2.24, 2.45) is 22.9 Å². The Kier molecular flexibility index (Phi) is 11.9. The highest BCUT2D eigenvalue weighted by Crippen LogP contribution is 1.95. The van der Waals surface area contributed by atoms with Gasteiger partial charge in [-0.2, -0.15) is 0 Å². The van der Waals surface area contributed by atoms with Gasteiger partial charge >= 0.3 is 17.9 Å². The second kappa shape index (κ2) is 12.3. The van der Waals surface area contributed by atoms with E-state index in [4.69, 9.17) is 32.5 Å². The van der Waals surface area contributed by atoms with Crippen LogP contribution in [-0.4, -0.2) is 69.1 Å². The smallest absolute Gasteiger partial charge is 0.321 e. The standard InChI is InChI=1S/C4H8N2O3.C4H6N2O2.C4H7NO4/c5-2(4(8)9)1-3(6)7;5-2-1-3(7)6-4(2)8;5-2(4(8)9)1-3(6)7/h2H,1,5H2,(H2,6,7)(H,8,9);2H,1,5H2,(H,6,7,8);2H,1,5H2,(H,6,7)(H,8,9). The molecular weight excluding hydrogens is 358 g/mol. The molecule has 0 spiro atoms. The van der Waals surface area contributed by atoms with Crippen molar-refractivity contribution in [3.05, 3.63) is 0 Å². The third-order valence-electron chi connectivity index (χ3n) is 2.45. The maximum absolute atomic E-state index is 10.3. The van der Waals surface area contributed by atoms with Crippen molar-refractivity contribution >= 4 is 35.6 Å². The third-order valence-corrected chi connectivity index (χ3v) is 2.45. The zero-order valence-corrected chi connectivity index (χ0v) is 13.5. The molecule has 0 aromatic heterocycles. The highest BCUT2D eigenvalue weighted by molar-refractivity contribution is 6.05. The lowest BCUT2D eigenvalue weighted by atomic mass is 10.2. The maximum Gasteiger partial charge on any atom is 0.321 e. The van der Waals surface area contributed by atoms with Crippen molar-refractivity contribution in [2.45, 2.75) is 37.4 Å². The van der Waals surface area contributed by atoms with Gasteiger partial charge in [0, 0.05) is 0 Å². The first-order chi connectivity index (χ1) is 11.8. The zero-order chi connectivity index (χ0) is 21.0. The summed E-state index contributed by atoms with van der Waals surface area (Å²) in [7, 11) is 0. The molecule has 3 unspecified atom stereocenters. The highest BCUT2D eigenvalue weighted by Gasteiger charge is 2.26. The summed E-state index contributed by atoms with van der Waals surface area (Å²) in [5.41, 5.74) is 19.5. The minimum Gasteiger partial charge on any atom is -0.481 e. The van der Waals surface area contributed by atoms with Crippen LogP contribution in [0.2, 0.25) is 0 Å². The number of carboxylic acid groups (broad SMARTS) is 3. The molecule has 26 heavy (non-hydrogen) atoms. The Morgan fingerprint density at radius 2 is 1.42 bits per heavy atom. The van der Waals surface area contributed by atoms with E-state index in [-0.39, 0.29) is 24.7 Å². The quantitative estimate of drug-likeness (QED) is 0.203. The van der Waals surface area contributed by atoms with Gasteiger partial charge in [-0.1, -0.05) is 0 Å². The minimum atomic E-state index is -1.29. The van der Waals surface area contributed by atoms with Crippen LogP contribution in [0.15, 0.2) is 0 Å². The van der Waals surface area contributed by atoms with Gasteiger partial charge < -0.3 is 38.3 Å². The average molecular weight is 379 g/mol. The van der Waals surface area contributed by atoms with E-state index < -0.39 is 48.4 Å². The second-order valence-corrected chi connectivity index (χ2v) is 4.88. The van der Waals surface area contributed by atoms with Crippen LogP contribution in [0.4, 0.5) is 0 Å². The van der Waals surface area contributed by atoms with Crippen LogP contribution in [0.3, 0.4) is 0 Å². The molecule has 14 heteroatoms. The van der Waals surface area contributed by atoms with E-state index >= 15 is 0 Å². The summed E-state index contributed by atoms with van der Waals surface area (Å²) in [6.45, 7) is 0. The number of hydrogen-bond acceptors (Lipinski definition) is 9. The zero-order valence-electron chi connectivity index (χ0n) is 13.5. The molecule has 14 nitrogen and oxygen atoms in total. The summed E-state index contributed by atoms with van der Waals surface area (Å²) in [4.78, 5) is 60.1. The number of imide groups is 1. The molecule has 0 radical (unpaired) electrons. The number of rotatable bonds is 6. The third kappa shape index (κ3) is 13.3. The summed E-state index contributed by atoms with van der Waals surface area (Å²) in [5.74, 6) is -5.06. The average Bonchev–Trinajstić information content (AvgIpc) is 2.75. The van der Waals surface area contributed by atoms with Crippen molar-refractivity contribution in [2.75, 3.05) is 0 Å². The van der Waals surface area contributed by atoms with Gasteiger partial charge in [-0.15, -0.1) is 0 Å². The number of aliphatic carboxylic acids is 3. The van der Waals surface area contributed by atoms with Gasteiger partial charge in [0.05, 0.1) is 25.3 Å². The first-order valence-electron chi connectivity index (χ1n) is 6.84. The Labute approximate surface area is 146 Å². The van der Waals surface area contributed by atoms with Gasteiger partial charge in [0.15, 0.2) is 0 Å². The van der Waals surface area contributed by atoms with Gasteiger partial charge in [0.25, 0.3) is 0 Å². The number of amides is 3. The van der Waals surface area contributed by atoms with Gasteiger partial charge in [0.1, 0.15) is 12.1 Å². The van der Waals surface area contributed by atoms with E-state index in [9.17, 15) is 28.8 Å². The SMILES string of the molecule is NC(=O)CC(N)C(=O)O.NC(CC(=O)O)C(=O)O.NC1CC(=O)NC1=O. The van der Waals surface area contributed by atoms with Gasteiger partial charge in [-0.3, -0.25) is 34.1 Å². The Morgan fingerprint density at radius 3 is 1.54 bits per heavy atom. The van der Waals surface area contributed by atoms with E-state index in [0.717, 1.165) is 0 Å². The van der Waals surface area contributed by atoms with Gasteiger partial charge in [-0.05, 0) is 0 Å². The number of carbonyl (C=O) groups excluding carboxylic acids is 3. The lowest BCUT2D eigenvalue weighted by Gasteiger charge is -1.99. The lowest BCUT2D eigenvalue weighted by Crippen LogP contribution is -2.34. The fourth-order valence-corrected chi connectivity index (χ4v) is 1.15. The molecule has 1 saturated heterocycles. The van der Waals surface area contributed by atoms with Crippen LogP contribution < -0.4 is 28.3 Å². The molecule has 0 aromatic carbocycles. The topological polar surface area (TPSA) is 279 Å². The summed E-state index contributed by atoms with van der Waals surface area (Å²) < 4.78 is 0. The molecule has 0 aliphatic carbocycles. The largest absolute Gasteiger partial charge is 0.481 e. The van der Waals surface area contributed by atoms with Crippen LogP contribution in [0.25, 0.3) is 0 Å². The lowest BCUT2D eigenvalue weighted by molar-refractivity contribution is -0.144. The fourth-order valence-electron chi connectivity index (χ4n) is 1.15. The molecule has 3 atom stereocenters. The highest BCUT2D eigenvalue weighted by atomic mass is 16.4. The van der Waals surface area contributed by atoms with Crippen molar-refractivity contribution in [1.29, 1.82) is 0 Å². The molecule has 3 amide bonds. The molecule has 12 N–H and O–H groups in total. The number of nitrogens with one attached hydrogen (secondary N) is 1. The summed E-state index contributed by atoms with van der Waals surface area (Å²) in [5, 5.41) is 26.2. The number of nitrogens with two attached hydrogens (primary N) is 4. The molecule has 1 heterocycles. The van der Waals surface area contributed by atoms with Crippen molar-refractivity contribution in [1.82, 2.24) is 5.32 Å². The number of carbonyl (C=O) groups is 6. The summed E-state index contributed by atoms with van der Waals surface area (Å²) in [6, 6.07) is -3.06. The fraction of sp³-hybridized carbons (Fsp3) is 0.500. The maximum atomic E-state index is 10.3. The number of primary amides is 1. The van der Waals surface area contributed by atoms with Crippen LogP contribution in [0, 0.1) is 0 Å². The molecule has 1 aliphatic rings. The van der Waals surface area contributed by atoms with Crippen LogP contribution in [0.1, 0.15) is 19.3 Å². The second-order valence-electron chi connectivity index (χ2n) is 4.88. The van der Waals surface area contributed by atoms with Crippen LogP contribution >= 0.6 is 0 Å². The molecular formula is C12H21N5O9. The van der Waals surface area contributed by atoms with Crippen molar-refractivity contribution in [3.8, 4) is 0 Å². The van der Waals surface area contributed by atoms with E-state index in [1.165, 1.54) is 0 Å². The first kappa shape index (κ1) is 25.1. The number of hydrogen-bond donors (Lipinski definition) is 8. The molecule has 1 fully saturated rings. The van der Waals surface area contributed by atoms with Crippen molar-refractivity contribution in [3.63, 3.8) is 0 Å². The Balaban J connectivity index is 0. The molecule has 0 saturated carbocycles. The van der Waals surface area contributed by atoms with E-state index in [0.29, 0.717) is 0 Å². The van der Waals surface area contributed by atoms with Crippen molar-refractivity contribution < 1.29 is 44.1 Å². The normalized spacial score (nSPS) is 17.4. The Morgan fingerprint density at radius 1 is 1.00 bits per heavy atom. The summed E-state index contributed by atoms with van der Waals surface area (Å²) in [6.07, 6.45) is -0.705. The molecule has 0 aromatic rings. The number of carboxylic acids is 3. The predicted octanol–water partition coefficient (Wildman–Crippen LogP) is -4.49. The van der Waals surface area contributed by atoms with E-state index in [1.807, 2.05) is 0 Å². The first-order valence-corrected chi connectivity index (χ1v) is 6.84. The minimum absolute atomic E-state index is 0.138. The van der Waals surface area contributed by atoms with Gasteiger partial charge in [-0.25, -0.2) is 0 Å². The van der Waals surface area contributed by atoms with Crippen LogP contribution in [-0.2, 0) is 28.8 Å². The molecule has 0 bridgehead atoms. The Hall–Kier alpha value is -3.10. The van der Waals surface area contributed by atoms with E-state index in [2.05, 4.69) is 11.1 Å². The molecule has 148 valence electrons. The molecule has 1 aliphatic heterocycles. The van der Waals surface area contributed by atoms with Crippen LogP contribution in [0.5, 0.6) is 0 Å². The summed E-state index contributed by atoms with van der Waals surface area (Å²) >= 11 is 0. The molecule has 1 rings (SSSR count). The monoisotopic (exact) mass is 379 g/mol. The predicted molar refractivity (Wildman–Crippen MR) is 83.0 cm³/mol. The Bertz CT molecular complexity index is 533. The van der Waals surface area contributed by atoms with Gasteiger partial charge in [0.2, 0.25) is 17.7 Å². The van der Waals surface area contributed by atoms with E-state index in [1.54, 1.807) is 0 Å².